The normalized spacial score (nSPS) is 14.9. The Morgan fingerprint density at radius 3 is 2.47 bits per heavy atom. The summed E-state index contributed by atoms with van der Waals surface area (Å²) in [6.45, 7) is 13.9. The fraction of sp³-hybridized carbons (Fsp3) is 0.457. The molecule has 230 valence electrons. The van der Waals surface area contributed by atoms with Crippen LogP contribution in [-0.2, 0) is 11.3 Å². The number of likely N-dealkylation sites (N-methyl/N-ethyl adjacent to an activating group) is 1. The Morgan fingerprint density at radius 2 is 1.74 bits per heavy atom. The first-order valence-electron chi connectivity index (χ1n) is 15.4. The Labute approximate surface area is 261 Å². The third-order valence-electron chi connectivity index (χ3n) is 7.71. The fourth-order valence-corrected chi connectivity index (χ4v) is 5.67. The van der Waals surface area contributed by atoms with Crippen LogP contribution in [-0.4, -0.2) is 66.4 Å². The van der Waals surface area contributed by atoms with E-state index in [0.717, 1.165) is 47.7 Å². The highest BCUT2D eigenvalue weighted by Gasteiger charge is 2.26. The summed E-state index contributed by atoms with van der Waals surface area (Å²) in [7, 11) is 2.08. The van der Waals surface area contributed by atoms with Gasteiger partial charge in [-0.3, -0.25) is 14.6 Å². The van der Waals surface area contributed by atoms with E-state index in [1.54, 1.807) is 6.07 Å². The van der Waals surface area contributed by atoms with E-state index in [9.17, 15) is 9.59 Å². The molecule has 0 saturated carbocycles. The monoisotopic (exact) mass is 604 g/mol. The van der Waals surface area contributed by atoms with E-state index in [0.29, 0.717) is 49.0 Å². The Kier molecular flexibility index (Phi) is 11.2. The van der Waals surface area contributed by atoms with E-state index in [1.165, 1.54) is 0 Å². The minimum atomic E-state index is -0.0635. The van der Waals surface area contributed by atoms with E-state index >= 15 is 0 Å². The van der Waals surface area contributed by atoms with Crippen LogP contribution in [0.3, 0.4) is 0 Å². The predicted octanol–water partition coefficient (Wildman–Crippen LogP) is 7.28. The van der Waals surface area contributed by atoms with E-state index < -0.39 is 0 Å². The van der Waals surface area contributed by atoms with Crippen LogP contribution in [0.5, 0.6) is 5.75 Å². The van der Waals surface area contributed by atoms with Gasteiger partial charge in [0.25, 0.3) is 5.91 Å². The Bertz CT molecular complexity index is 1420. The van der Waals surface area contributed by atoms with Gasteiger partial charge in [0.05, 0.1) is 23.6 Å². The van der Waals surface area contributed by atoms with Crippen molar-refractivity contribution in [3.63, 3.8) is 0 Å². The summed E-state index contributed by atoms with van der Waals surface area (Å²) in [5.41, 5.74) is 4.76. The van der Waals surface area contributed by atoms with Crippen LogP contribution < -0.4 is 9.64 Å². The van der Waals surface area contributed by atoms with Crippen molar-refractivity contribution < 1.29 is 14.3 Å². The number of anilines is 1. The summed E-state index contributed by atoms with van der Waals surface area (Å²) in [4.78, 5) is 38.8. The summed E-state index contributed by atoms with van der Waals surface area (Å²) in [5.74, 6) is 1.01. The fourth-order valence-electron chi connectivity index (χ4n) is 5.51. The molecule has 0 atom stereocenters. The molecule has 1 aromatic heterocycles. The second-order valence-electron chi connectivity index (χ2n) is 12.0. The van der Waals surface area contributed by atoms with Crippen LogP contribution in [0.15, 0.2) is 54.6 Å². The molecule has 0 N–H and O–H groups in total. The molecule has 3 aromatic rings. The van der Waals surface area contributed by atoms with Gasteiger partial charge in [-0.05, 0) is 80.7 Å². The second kappa shape index (κ2) is 14.8. The number of para-hydroxylation sites is 1. The van der Waals surface area contributed by atoms with Crippen molar-refractivity contribution in [1.82, 2.24) is 14.8 Å². The number of ether oxygens (including phenoxy) is 1. The number of carbonyl (C=O) groups is 2. The van der Waals surface area contributed by atoms with Crippen LogP contribution in [0.1, 0.15) is 75.0 Å². The number of carbonyl (C=O) groups excluding carboxylic acids is 2. The highest BCUT2D eigenvalue weighted by Crippen LogP contribution is 2.34. The Morgan fingerprint density at radius 1 is 0.977 bits per heavy atom. The first kappa shape index (κ1) is 32.5. The largest absolute Gasteiger partial charge is 0.493 e. The molecular formula is C35H45ClN4O3. The maximum absolute atomic E-state index is 14.4. The number of hydrogen-bond donors (Lipinski definition) is 0. The molecule has 1 aliphatic rings. The number of halogens is 1. The van der Waals surface area contributed by atoms with Gasteiger partial charge in [-0.1, -0.05) is 57.5 Å². The topological polar surface area (TPSA) is 66.0 Å². The van der Waals surface area contributed by atoms with Crippen molar-refractivity contribution in [2.75, 3.05) is 44.7 Å². The smallest absolute Gasteiger partial charge is 0.256 e. The van der Waals surface area contributed by atoms with Crippen molar-refractivity contribution in [1.29, 1.82) is 0 Å². The molecule has 7 nitrogen and oxygen atoms in total. The van der Waals surface area contributed by atoms with Crippen LogP contribution in [0.2, 0.25) is 5.02 Å². The molecule has 0 spiro atoms. The molecule has 8 heteroatoms. The van der Waals surface area contributed by atoms with Crippen LogP contribution >= 0.6 is 11.6 Å². The lowest BCUT2D eigenvalue weighted by atomic mass is 9.99. The average molecular weight is 605 g/mol. The van der Waals surface area contributed by atoms with Gasteiger partial charge in [-0.25, -0.2) is 0 Å². The Balaban J connectivity index is 1.73. The molecule has 0 unspecified atom stereocenters. The lowest BCUT2D eigenvalue weighted by Gasteiger charge is -2.29. The molecule has 1 aliphatic heterocycles. The molecule has 0 radical (unpaired) electrons. The van der Waals surface area contributed by atoms with Crippen LogP contribution in [0.4, 0.5) is 5.69 Å². The highest BCUT2D eigenvalue weighted by molar-refractivity contribution is 6.30. The number of benzene rings is 2. The van der Waals surface area contributed by atoms with Gasteiger partial charge in [-0.15, -0.1) is 0 Å². The second-order valence-corrected chi connectivity index (χ2v) is 12.4. The molecule has 2 aromatic carbocycles. The SMILES string of the molecule is CCOc1cc(Cl)ccc1-c1ccc(C(=O)N2CCN(C)CCCN(C(=O)CC(C)C)c3ccccc3C2)c(C(C)C)n1. The van der Waals surface area contributed by atoms with Gasteiger partial charge in [-0.2, -0.15) is 0 Å². The van der Waals surface area contributed by atoms with Gasteiger partial charge >= 0.3 is 0 Å². The molecule has 4 rings (SSSR count). The number of nitrogens with zero attached hydrogens (tertiary/aromatic N) is 4. The van der Waals surface area contributed by atoms with Crippen molar-refractivity contribution >= 4 is 29.1 Å². The molecular weight excluding hydrogens is 560 g/mol. The average Bonchev–Trinajstić information content (AvgIpc) is 3.00. The summed E-state index contributed by atoms with van der Waals surface area (Å²) < 4.78 is 5.86. The Hall–Kier alpha value is -3.42. The molecule has 43 heavy (non-hydrogen) atoms. The lowest BCUT2D eigenvalue weighted by Crippen LogP contribution is -2.38. The molecule has 2 amide bonds. The van der Waals surface area contributed by atoms with Crippen molar-refractivity contribution in [2.24, 2.45) is 5.92 Å². The summed E-state index contributed by atoms with van der Waals surface area (Å²) >= 11 is 6.25. The minimum absolute atomic E-state index is 0.0183. The minimum Gasteiger partial charge on any atom is -0.493 e. The summed E-state index contributed by atoms with van der Waals surface area (Å²) in [5, 5.41) is 0.595. The zero-order chi connectivity index (χ0) is 31.1. The first-order valence-corrected chi connectivity index (χ1v) is 15.8. The lowest BCUT2D eigenvalue weighted by molar-refractivity contribution is -0.119. The number of pyridine rings is 1. The van der Waals surface area contributed by atoms with E-state index in [2.05, 4.69) is 39.6 Å². The number of aromatic nitrogens is 1. The van der Waals surface area contributed by atoms with Crippen LogP contribution in [0.25, 0.3) is 11.3 Å². The molecule has 2 heterocycles. The number of amides is 2. The van der Waals surface area contributed by atoms with E-state index in [-0.39, 0.29) is 23.7 Å². The number of hydrogen-bond acceptors (Lipinski definition) is 5. The maximum Gasteiger partial charge on any atom is 0.256 e. The van der Waals surface area contributed by atoms with Crippen molar-refractivity contribution in [2.45, 2.75) is 59.9 Å². The quantitative estimate of drug-likeness (QED) is 0.283. The maximum atomic E-state index is 14.4. The zero-order valence-electron chi connectivity index (χ0n) is 26.4. The van der Waals surface area contributed by atoms with E-state index in [4.69, 9.17) is 21.3 Å². The van der Waals surface area contributed by atoms with Gasteiger partial charge in [0.2, 0.25) is 5.91 Å². The zero-order valence-corrected chi connectivity index (χ0v) is 27.2. The van der Waals surface area contributed by atoms with Crippen molar-refractivity contribution in [3.8, 4) is 17.0 Å². The first-order chi connectivity index (χ1) is 20.6. The van der Waals surface area contributed by atoms with Crippen molar-refractivity contribution in [3.05, 3.63) is 76.4 Å². The third-order valence-corrected chi connectivity index (χ3v) is 7.94. The summed E-state index contributed by atoms with van der Waals surface area (Å²) in [6.07, 6.45) is 1.35. The van der Waals surface area contributed by atoms with Gasteiger partial charge in [0.15, 0.2) is 0 Å². The molecule has 0 bridgehead atoms. The van der Waals surface area contributed by atoms with Crippen LogP contribution in [0, 0.1) is 5.92 Å². The molecule has 0 aliphatic carbocycles. The number of fused-ring (bicyclic) bond motifs is 1. The van der Waals surface area contributed by atoms with Gasteiger partial charge in [0.1, 0.15) is 5.75 Å². The standard InChI is InChI=1S/C35H45ClN4O3/c1-7-43-32-22-27(36)13-14-28(32)30-16-15-29(34(37-30)25(4)5)35(42)39-20-19-38(6)17-10-18-40(33(41)21-24(2)3)31-12-9-8-11-26(31)23-39/h8-9,11-16,22,24-25H,7,10,17-21,23H2,1-6H3. The number of rotatable bonds is 7. The highest BCUT2D eigenvalue weighted by atomic mass is 35.5. The van der Waals surface area contributed by atoms with Gasteiger partial charge in [0, 0.05) is 48.9 Å². The van der Waals surface area contributed by atoms with Gasteiger partial charge < -0.3 is 19.4 Å². The molecule has 0 saturated heterocycles. The van der Waals surface area contributed by atoms with E-state index in [1.807, 2.05) is 65.3 Å². The third kappa shape index (κ3) is 8.15. The summed E-state index contributed by atoms with van der Waals surface area (Å²) in [6, 6.07) is 17.3. The molecule has 0 fully saturated rings. The predicted molar refractivity (Wildman–Crippen MR) is 175 cm³/mol.